The van der Waals surface area contributed by atoms with E-state index in [4.69, 9.17) is 4.74 Å². The first kappa shape index (κ1) is 17.8. The van der Waals surface area contributed by atoms with Gasteiger partial charge < -0.3 is 9.64 Å². The molecule has 6 nitrogen and oxygen atoms in total. The van der Waals surface area contributed by atoms with Crippen molar-refractivity contribution in [2.75, 3.05) is 39.4 Å². The minimum Gasteiger partial charge on any atom is -0.378 e. The molecular weight excluding hydrogens is 348 g/mol. The number of carbonyl (C=O) groups excluding carboxylic acids is 1. The lowest BCUT2D eigenvalue weighted by atomic mass is 9.92. The van der Waals surface area contributed by atoms with Crippen LogP contribution in [0.15, 0.2) is 18.2 Å². The Morgan fingerprint density at radius 2 is 2.04 bits per heavy atom. The summed E-state index contributed by atoms with van der Waals surface area (Å²) in [6.45, 7) is 6.06. The van der Waals surface area contributed by atoms with Crippen LogP contribution in [0.1, 0.15) is 31.2 Å². The lowest BCUT2D eigenvalue weighted by Gasteiger charge is -2.33. The Morgan fingerprint density at radius 1 is 1.19 bits per heavy atom. The van der Waals surface area contributed by atoms with E-state index in [-0.39, 0.29) is 0 Å². The number of aromatic nitrogens is 2. The molecule has 140 valence electrons. The van der Waals surface area contributed by atoms with Crippen molar-refractivity contribution in [3.63, 3.8) is 0 Å². The third kappa shape index (κ3) is 4.39. The first-order chi connectivity index (χ1) is 12.8. The molecule has 0 radical (unpaired) electrons. The van der Waals surface area contributed by atoms with Crippen LogP contribution in [-0.4, -0.2) is 63.8 Å². The monoisotopic (exact) mass is 374 g/mol. The molecule has 2 aliphatic heterocycles. The first-order valence-electron chi connectivity index (χ1n) is 9.57. The molecule has 0 aliphatic carbocycles. The number of nitrogens with zero attached hydrogens (tertiary/aromatic N) is 4. The van der Waals surface area contributed by atoms with Gasteiger partial charge in [-0.1, -0.05) is 6.07 Å². The van der Waals surface area contributed by atoms with Gasteiger partial charge in [-0.05, 0) is 49.4 Å². The topological polar surface area (TPSA) is 58.6 Å². The second-order valence-electron chi connectivity index (χ2n) is 7.36. The van der Waals surface area contributed by atoms with E-state index in [2.05, 4.69) is 31.8 Å². The Balaban J connectivity index is 1.27. The molecule has 1 aromatic heterocycles. The first-order valence-corrected chi connectivity index (χ1v) is 10.3. The van der Waals surface area contributed by atoms with Crippen LogP contribution in [0.4, 0.5) is 0 Å². The third-order valence-corrected chi connectivity index (χ3v) is 6.01. The molecule has 2 aromatic rings. The lowest BCUT2D eigenvalue weighted by Crippen LogP contribution is -2.41. The number of carbonyl (C=O) groups is 1. The van der Waals surface area contributed by atoms with E-state index in [1.807, 2.05) is 4.90 Å². The van der Waals surface area contributed by atoms with Gasteiger partial charge in [0.25, 0.3) is 0 Å². The zero-order valence-corrected chi connectivity index (χ0v) is 15.9. The van der Waals surface area contributed by atoms with Crippen LogP contribution >= 0.6 is 11.7 Å². The number of ether oxygens (including phenoxy) is 1. The van der Waals surface area contributed by atoms with E-state index in [0.717, 1.165) is 50.2 Å². The van der Waals surface area contributed by atoms with Gasteiger partial charge in [0.1, 0.15) is 11.0 Å². The second-order valence-corrected chi connectivity index (χ2v) is 7.89. The van der Waals surface area contributed by atoms with Crippen LogP contribution in [-0.2, 0) is 16.1 Å². The van der Waals surface area contributed by atoms with Crippen LogP contribution in [0, 0.1) is 5.92 Å². The summed E-state index contributed by atoms with van der Waals surface area (Å²) in [5.41, 5.74) is 3.28. The maximum atomic E-state index is 12.4. The molecule has 4 rings (SSSR count). The van der Waals surface area contributed by atoms with Crippen molar-refractivity contribution in [2.45, 2.75) is 32.2 Å². The summed E-state index contributed by atoms with van der Waals surface area (Å²) in [7, 11) is 0. The molecule has 0 unspecified atom stereocenters. The molecule has 1 amide bonds. The normalized spacial score (nSPS) is 22.0. The van der Waals surface area contributed by atoms with Crippen molar-refractivity contribution in [1.29, 1.82) is 0 Å². The molecule has 1 aromatic carbocycles. The predicted molar refractivity (Wildman–Crippen MR) is 102 cm³/mol. The number of likely N-dealkylation sites (tertiary alicyclic amines) is 1. The highest BCUT2D eigenvalue weighted by atomic mass is 32.1. The van der Waals surface area contributed by atoms with E-state index < -0.39 is 0 Å². The minimum absolute atomic E-state index is 0.298. The van der Waals surface area contributed by atoms with Gasteiger partial charge >= 0.3 is 0 Å². The largest absolute Gasteiger partial charge is 0.378 e. The molecule has 0 saturated carbocycles. The standard InChI is InChI=1S/C19H26N4O2S/c24-19(23-8-10-25-11-9-23)6-4-15-2-1-7-22(13-15)14-16-3-5-17-18(12-16)21-26-20-17/h3,5,12,15H,1-2,4,6-11,13-14H2/t15-/m0/s1. The molecule has 2 aliphatic rings. The highest BCUT2D eigenvalue weighted by Gasteiger charge is 2.23. The number of benzene rings is 1. The van der Waals surface area contributed by atoms with Gasteiger partial charge in [0.05, 0.1) is 24.9 Å². The molecule has 1 atom stereocenters. The smallest absolute Gasteiger partial charge is 0.222 e. The molecule has 2 fully saturated rings. The summed E-state index contributed by atoms with van der Waals surface area (Å²) in [4.78, 5) is 16.8. The third-order valence-electron chi connectivity index (χ3n) is 5.46. The summed E-state index contributed by atoms with van der Waals surface area (Å²) < 4.78 is 13.9. The number of hydrogen-bond acceptors (Lipinski definition) is 6. The highest BCUT2D eigenvalue weighted by molar-refractivity contribution is 7.00. The molecule has 0 N–H and O–H groups in total. The molecule has 0 bridgehead atoms. The van der Waals surface area contributed by atoms with E-state index in [0.29, 0.717) is 31.5 Å². The van der Waals surface area contributed by atoms with Crippen molar-refractivity contribution >= 4 is 28.7 Å². The minimum atomic E-state index is 0.298. The maximum Gasteiger partial charge on any atom is 0.222 e. The second kappa shape index (κ2) is 8.41. The van der Waals surface area contributed by atoms with Gasteiger partial charge in [-0.2, -0.15) is 8.75 Å². The average molecular weight is 375 g/mol. The number of hydrogen-bond donors (Lipinski definition) is 0. The predicted octanol–water partition coefficient (Wildman–Crippen LogP) is 2.54. The molecular formula is C19H26N4O2S. The number of rotatable bonds is 5. The van der Waals surface area contributed by atoms with E-state index >= 15 is 0 Å². The zero-order valence-electron chi connectivity index (χ0n) is 15.1. The molecule has 2 saturated heterocycles. The molecule has 7 heteroatoms. The van der Waals surface area contributed by atoms with Crippen molar-refractivity contribution < 1.29 is 9.53 Å². The van der Waals surface area contributed by atoms with Crippen LogP contribution < -0.4 is 0 Å². The fraction of sp³-hybridized carbons (Fsp3) is 0.632. The SMILES string of the molecule is O=C(CC[C@@H]1CCCN(Cc2ccc3nsnc3c2)C1)N1CCOCC1. The highest BCUT2D eigenvalue weighted by Crippen LogP contribution is 2.24. The summed E-state index contributed by atoms with van der Waals surface area (Å²) in [5, 5.41) is 0. The van der Waals surface area contributed by atoms with E-state index in [1.165, 1.54) is 30.1 Å². The zero-order chi connectivity index (χ0) is 17.8. The quantitative estimate of drug-likeness (QED) is 0.805. The summed E-state index contributed by atoms with van der Waals surface area (Å²) in [5.74, 6) is 0.922. The van der Waals surface area contributed by atoms with Crippen molar-refractivity contribution in [3.8, 4) is 0 Å². The van der Waals surface area contributed by atoms with E-state index in [1.54, 1.807) is 0 Å². The number of morpholine rings is 1. The Hall–Kier alpha value is -1.57. The van der Waals surface area contributed by atoms with Gasteiger partial charge in [-0.25, -0.2) is 0 Å². The maximum absolute atomic E-state index is 12.4. The summed E-state index contributed by atoms with van der Waals surface area (Å²) >= 11 is 1.27. The van der Waals surface area contributed by atoms with Crippen LogP contribution in [0.5, 0.6) is 0 Å². The van der Waals surface area contributed by atoms with Gasteiger partial charge in [0.15, 0.2) is 0 Å². The van der Waals surface area contributed by atoms with Crippen LogP contribution in [0.2, 0.25) is 0 Å². The Kier molecular flexibility index (Phi) is 5.77. The Bertz CT molecular complexity index is 744. The van der Waals surface area contributed by atoms with Crippen molar-refractivity contribution in [2.24, 2.45) is 5.92 Å². The van der Waals surface area contributed by atoms with Crippen molar-refractivity contribution in [3.05, 3.63) is 23.8 Å². The van der Waals surface area contributed by atoms with E-state index in [9.17, 15) is 4.79 Å². The Morgan fingerprint density at radius 3 is 2.92 bits per heavy atom. The summed E-state index contributed by atoms with van der Waals surface area (Å²) in [6.07, 6.45) is 4.13. The molecule has 26 heavy (non-hydrogen) atoms. The Labute approximate surface area is 158 Å². The van der Waals surface area contributed by atoms with Crippen LogP contribution in [0.25, 0.3) is 11.0 Å². The van der Waals surface area contributed by atoms with Gasteiger partial charge in [-0.3, -0.25) is 9.69 Å². The number of piperidine rings is 1. The summed E-state index contributed by atoms with van der Waals surface area (Å²) in [6, 6.07) is 6.39. The number of fused-ring (bicyclic) bond motifs is 1. The van der Waals surface area contributed by atoms with Crippen molar-refractivity contribution in [1.82, 2.24) is 18.5 Å². The average Bonchev–Trinajstić information content (AvgIpc) is 3.15. The fourth-order valence-corrected chi connectivity index (χ4v) is 4.53. The fourth-order valence-electron chi connectivity index (χ4n) is 4.01. The number of amides is 1. The molecule has 0 spiro atoms. The van der Waals surface area contributed by atoms with Gasteiger partial charge in [0.2, 0.25) is 5.91 Å². The van der Waals surface area contributed by atoms with Gasteiger partial charge in [-0.15, -0.1) is 0 Å². The van der Waals surface area contributed by atoms with Crippen LogP contribution in [0.3, 0.4) is 0 Å². The van der Waals surface area contributed by atoms with Gasteiger partial charge in [0, 0.05) is 32.6 Å². The lowest BCUT2D eigenvalue weighted by molar-refractivity contribution is -0.135. The molecule has 3 heterocycles.